The third-order valence-corrected chi connectivity index (χ3v) is 2.36. The first kappa shape index (κ1) is 13.6. The molecule has 0 bridgehead atoms. The van der Waals surface area contributed by atoms with Crippen molar-refractivity contribution in [2.75, 3.05) is 32.2 Å². The summed E-state index contributed by atoms with van der Waals surface area (Å²) in [6, 6.07) is 4.21. The van der Waals surface area contributed by atoms with Crippen LogP contribution in [0.4, 0.5) is 10.1 Å². The van der Waals surface area contributed by atoms with E-state index in [1.165, 1.54) is 25.3 Å². The summed E-state index contributed by atoms with van der Waals surface area (Å²) in [5.74, 6) is -0.485. The van der Waals surface area contributed by atoms with Gasteiger partial charge in [0.05, 0.1) is 18.4 Å². The highest BCUT2D eigenvalue weighted by Crippen LogP contribution is 2.19. The molecule has 1 unspecified atom stereocenters. The first-order valence-corrected chi connectivity index (χ1v) is 5.21. The van der Waals surface area contributed by atoms with Crippen LogP contribution in [0.2, 0.25) is 0 Å². The Kier molecular flexibility index (Phi) is 5.06. The van der Waals surface area contributed by atoms with Crippen molar-refractivity contribution < 1.29 is 19.0 Å². The maximum atomic E-state index is 13.6. The van der Waals surface area contributed by atoms with Crippen LogP contribution in [0.15, 0.2) is 18.2 Å². The lowest BCUT2D eigenvalue weighted by Crippen LogP contribution is -2.32. The van der Waals surface area contributed by atoms with Crippen LogP contribution in [0, 0.1) is 5.82 Å². The van der Waals surface area contributed by atoms with E-state index < -0.39 is 11.9 Å². The minimum atomic E-state index is -0.685. The van der Waals surface area contributed by atoms with Crippen molar-refractivity contribution in [3.8, 4) is 0 Å². The maximum Gasteiger partial charge on any atom is 0.150 e. The molecular weight excluding hydrogens is 225 g/mol. The summed E-state index contributed by atoms with van der Waals surface area (Å²) in [6.45, 7) is 0.448. The van der Waals surface area contributed by atoms with Crippen LogP contribution in [-0.4, -0.2) is 44.8 Å². The summed E-state index contributed by atoms with van der Waals surface area (Å²) in [5, 5.41) is 9.53. The number of carbonyl (C=O) groups excluding carboxylic acids is 1. The molecule has 1 rings (SSSR count). The molecule has 0 heterocycles. The van der Waals surface area contributed by atoms with Crippen LogP contribution in [0.5, 0.6) is 0 Å². The van der Waals surface area contributed by atoms with Crippen LogP contribution in [0.3, 0.4) is 0 Å². The molecule has 1 aromatic rings. The molecule has 0 saturated heterocycles. The highest BCUT2D eigenvalue weighted by atomic mass is 19.1. The SMILES string of the molecule is COCC(O)CN(C)c1ccc(C=O)cc1F. The Labute approximate surface area is 99.6 Å². The van der Waals surface area contributed by atoms with Crippen LogP contribution in [0.1, 0.15) is 10.4 Å². The number of likely N-dealkylation sites (N-methyl/N-ethyl adjacent to an activating group) is 1. The minimum absolute atomic E-state index is 0.193. The molecule has 5 heteroatoms. The molecule has 0 aliphatic rings. The van der Waals surface area contributed by atoms with Gasteiger partial charge in [0.25, 0.3) is 0 Å². The lowest BCUT2D eigenvalue weighted by Gasteiger charge is -2.22. The lowest BCUT2D eigenvalue weighted by atomic mass is 10.2. The summed E-state index contributed by atoms with van der Waals surface area (Å²) in [5.41, 5.74) is 0.628. The van der Waals surface area contributed by atoms with Crippen molar-refractivity contribution in [2.45, 2.75) is 6.10 Å². The van der Waals surface area contributed by atoms with Gasteiger partial charge in [-0.1, -0.05) is 0 Å². The van der Waals surface area contributed by atoms with Crippen molar-refractivity contribution in [2.24, 2.45) is 0 Å². The van der Waals surface area contributed by atoms with Gasteiger partial charge in [0.1, 0.15) is 12.1 Å². The van der Waals surface area contributed by atoms with Gasteiger partial charge in [-0.25, -0.2) is 4.39 Å². The number of ether oxygens (including phenoxy) is 1. The average Bonchev–Trinajstić information content (AvgIpc) is 2.28. The summed E-state index contributed by atoms with van der Waals surface area (Å²) >= 11 is 0. The normalized spacial score (nSPS) is 12.2. The molecule has 0 aromatic heterocycles. The highest BCUT2D eigenvalue weighted by molar-refractivity contribution is 5.75. The smallest absolute Gasteiger partial charge is 0.150 e. The number of aliphatic hydroxyl groups is 1. The van der Waals surface area contributed by atoms with Gasteiger partial charge in [0.15, 0.2) is 0 Å². The topological polar surface area (TPSA) is 49.8 Å². The van der Waals surface area contributed by atoms with Gasteiger partial charge < -0.3 is 14.7 Å². The Morgan fingerprint density at radius 1 is 1.59 bits per heavy atom. The van der Waals surface area contributed by atoms with E-state index in [1.54, 1.807) is 11.9 Å². The molecule has 0 radical (unpaired) electrons. The monoisotopic (exact) mass is 241 g/mol. The molecule has 0 amide bonds. The van der Waals surface area contributed by atoms with Crippen molar-refractivity contribution in [1.29, 1.82) is 0 Å². The molecular formula is C12H16FNO3. The second kappa shape index (κ2) is 6.32. The Bertz CT molecular complexity index is 384. The zero-order chi connectivity index (χ0) is 12.8. The standard InChI is InChI=1S/C12H16FNO3/c1-14(6-10(16)8-17-2)12-4-3-9(7-15)5-11(12)13/h3-5,7,10,16H,6,8H2,1-2H3. The molecule has 17 heavy (non-hydrogen) atoms. The molecule has 0 aliphatic heterocycles. The highest BCUT2D eigenvalue weighted by Gasteiger charge is 2.12. The van der Waals surface area contributed by atoms with Gasteiger partial charge in [-0.2, -0.15) is 0 Å². The number of aliphatic hydroxyl groups excluding tert-OH is 1. The number of halogens is 1. The fraction of sp³-hybridized carbons (Fsp3) is 0.417. The molecule has 0 aliphatic carbocycles. The van der Waals surface area contributed by atoms with Crippen molar-refractivity contribution in [1.82, 2.24) is 0 Å². The zero-order valence-electron chi connectivity index (χ0n) is 9.89. The molecule has 0 fully saturated rings. The fourth-order valence-corrected chi connectivity index (χ4v) is 1.57. The number of rotatable bonds is 6. The van der Waals surface area contributed by atoms with Crippen molar-refractivity contribution >= 4 is 12.0 Å². The van der Waals surface area contributed by atoms with Crippen LogP contribution >= 0.6 is 0 Å². The molecule has 94 valence electrons. The second-order valence-electron chi connectivity index (χ2n) is 3.82. The van der Waals surface area contributed by atoms with Gasteiger partial charge in [-0.15, -0.1) is 0 Å². The van der Waals surface area contributed by atoms with E-state index in [-0.39, 0.29) is 18.7 Å². The molecule has 1 atom stereocenters. The first-order chi connectivity index (χ1) is 8.08. The van der Waals surface area contributed by atoms with Gasteiger partial charge in [-0.3, -0.25) is 4.79 Å². The molecule has 1 aromatic carbocycles. The summed E-state index contributed by atoms with van der Waals surface area (Å²) in [6.07, 6.45) is -0.0951. The largest absolute Gasteiger partial charge is 0.389 e. The Balaban J connectivity index is 2.74. The Morgan fingerprint density at radius 3 is 2.82 bits per heavy atom. The van der Waals surface area contributed by atoms with Crippen molar-refractivity contribution in [3.63, 3.8) is 0 Å². The van der Waals surface area contributed by atoms with E-state index >= 15 is 0 Å². The van der Waals surface area contributed by atoms with Gasteiger partial charge in [0, 0.05) is 26.3 Å². The Hall–Kier alpha value is -1.46. The number of methoxy groups -OCH3 is 1. The number of aldehydes is 1. The van der Waals surface area contributed by atoms with Crippen LogP contribution in [-0.2, 0) is 4.74 Å². The van der Waals surface area contributed by atoms with E-state index in [2.05, 4.69) is 0 Å². The number of hydrogen-bond acceptors (Lipinski definition) is 4. The number of carbonyl (C=O) groups is 1. The third-order valence-electron chi connectivity index (χ3n) is 2.36. The maximum absolute atomic E-state index is 13.6. The van der Waals surface area contributed by atoms with E-state index in [0.717, 1.165) is 0 Å². The molecule has 1 N–H and O–H groups in total. The predicted octanol–water partition coefficient (Wildman–Crippen LogP) is 1.08. The van der Waals surface area contributed by atoms with Crippen LogP contribution in [0.25, 0.3) is 0 Å². The van der Waals surface area contributed by atoms with Gasteiger partial charge >= 0.3 is 0 Å². The molecule has 4 nitrogen and oxygen atoms in total. The van der Waals surface area contributed by atoms with Gasteiger partial charge in [-0.05, 0) is 18.2 Å². The van der Waals surface area contributed by atoms with Crippen LogP contribution < -0.4 is 4.90 Å². The quantitative estimate of drug-likeness (QED) is 0.757. The zero-order valence-corrected chi connectivity index (χ0v) is 9.89. The number of nitrogens with zero attached hydrogens (tertiary/aromatic N) is 1. The Morgan fingerprint density at radius 2 is 2.29 bits per heavy atom. The van der Waals surface area contributed by atoms with Crippen molar-refractivity contribution in [3.05, 3.63) is 29.6 Å². The summed E-state index contributed by atoms with van der Waals surface area (Å²) in [7, 11) is 3.15. The first-order valence-electron chi connectivity index (χ1n) is 5.21. The lowest BCUT2D eigenvalue weighted by molar-refractivity contribution is 0.0694. The van der Waals surface area contributed by atoms with E-state index in [0.29, 0.717) is 12.0 Å². The van der Waals surface area contributed by atoms with Gasteiger partial charge in [0.2, 0.25) is 0 Å². The predicted molar refractivity (Wildman–Crippen MR) is 62.9 cm³/mol. The molecule has 0 spiro atoms. The summed E-state index contributed by atoms with van der Waals surface area (Å²) < 4.78 is 18.4. The minimum Gasteiger partial charge on any atom is -0.389 e. The summed E-state index contributed by atoms with van der Waals surface area (Å²) in [4.78, 5) is 12.0. The second-order valence-corrected chi connectivity index (χ2v) is 3.82. The number of anilines is 1. The average molecular weight is 241 g/mol. The number of hydrogen-bond donors (Lipinski definition) is 1. The third kappa shape index (κ3) is 3.80. The molecule has 0 saturated carbocycles. The van der Waals surface area contributed by atoms with E-state index in [1.807, 2.05) is 0 Å². The van der Waals surface area contributed by atoms with E-state index in [9.17, 15) is 14.3 Å². The number of benzene rings is 1. The fourth-order valence-electron chi connectivity index (χ4n) is 1.57. The van der Waals surface area contributed by atoms with E-state index in [4.69, 9.17) is 4.74 Å².